The lowest BCUT2D eigenvalue weighted by Gasteiger charge is -2.29. The molecule has 0 saturated heterocycles. The molecule has 1 saturated carbocycles. The lowest BCUT2D eigenvalue weighted by molar-refractivity contribution is 0.0921. The van der Waals surface area contributed by atoms with Crippen molar-refractivity contribution < 1.29 is 9.90 Å². The molecule has 1 amide bonds. The third kappa shape index (κ3) is 3.65. The standard InChI is InChI=1S/C16H24N2O2/c1-2-3-11-4-6-12(7-5-11)18-16(20)14-10-13(19)8-9-15(14)17/h8-12,19H,2-7,17H2,1H3,(H,18,20). The van der Waals surface area contributed by atoms with Gasteiger partial charge in [0.15, 0.2) is 0 Å². The van der Waals surface area contributed by atoms with Crippen molar-refractivity contribution in [2.45, 2.75) is 51.5 Å². The van der Waals surface area contributed by atoms with Gasteiger partial charge in [-0.1, -0.05) is 19.8 Å². The fraction of sp³-hybridized carbons (Fsp3) is 0.562. The Morgan fingerprint density at radius 1 is 1.35 bits per heavy atom. The fourth-order valence-electron chi connectivity index (χ4n) is 3.01. The van der Waals surface area contributed by atoms with E-state index in [9.17, 15) is 9.90 Å². The molecule has 4 nitrogen and oxygen atoms in total. The van der Waals surface area contributed by atoms with Crippen molar-refractivity contribution in [3.63, 3.8) is 0 Å². The van der Waals surface area contributed by atoms with Gasteiger partial charge in [0.25, 0.3) is 5.91 Å². The molecule has 0 atom stereocenters. The van der Waals surface area contributed by atoms with Gasteiger partial charge in [-0.25, -0.2) is 0 Å². The minimum absolute atomic E-state index is 0.0657. The van der Waals surface area contributed by atoms with Crippen LogP contribution in [0.15, 0.2) is 18.2 Å². The lowest BCUT2D eigenvalue weighted by atomic mass is 9.83. The van der Waals surface area contributed by atoms with Crippen molar-refractivity contribution in [2.75, 3.05) is 5.73 Å². The van der Waals surface area contributed by atoms with E-state index in [0.29, 0.717) is 11.3 Å². The molecule has 20 heavy (non-hydrogen) atoms. The predicted octanol–water partition coefficient (Wildman–Crippen LogP) is 3.06. The zero-order valence-electron chi connectivity index (χ0n) is 12.1. The number of carbonyl (C=O) groups is 1. The molecule has 0 unspecified atom stereocenters. The molecule has 110 valence electrons. The molecule has 1 aromatic carbocycles. The number of hydrogen-bond acceptors (Lipinski definition) is 3. The van der Waals surface area contributed by atoms with Gasteiger partial charge in [-0.05, 0) is 49.8 Å². The van der Waals surface area contributed by atoms with Crippen molar-refractivity contribution in [1.82, 2.24) is 5.32 Å². The van der Waals surface area contributed by atoms with Crippen LogP contribution >= 0.6 is 0 Å². The highest BCUT2D eigenvalue weighted by molar-refractivity contribution is 5.99. The molecule has 1 fully saturated rings. The molecule has 4 heteroatoms. The van der Waals surface area contributed by atoms with E-state index in [1.165, 1.54) is 37.8 Å². The second-order valence-electron chi connectivity index (χ2n) is 5.75. The topological polar surface area (TPSA) is 75.3 Å². The minimum Gasteiger partial charge on any atom is -0.508 e. The molecule has 0 radical (unpaired) electrons. The van der Waals surface area contributed by atoms with E-state index < -0.39 is 0 Å². The second kappa shape index (κ2) is 6.64. The molecule has 1 aromatic rings. The van der Waals surface area contributed by atoms with Crippen LogP contribution in [0.2, 0.25) is 0 Å². The Morgan fingerprint density at radius 3 is 2.70 bits per heavy atom. The summed E-state index contributed by atoms with van der Waals surface area (Å²) in [7, 11) is 0. The molecular weight excluding hydrogens is 252 g/mol. The van der Waals surface area contributed by atoms with Crippen LogP contribution in [-0.2, 0) is 0 Å². The molecule has 0 aliphatic heterocycles. The van der Waals surface area contributed by atoms with Gasteiger partial charge in [0.05, 0.1) is 5.56 Å². The van der Waals surface area contributed by atoms with Crippen molar-refractivity contribution >= 4 is 11.6 Å². The SMILES string of the molecule is CCCC1CCC(NC(=O)c2cc(O)ccc2N)CC1. The lowest BCUT2D eigenvalue weighted by Crippen LogP contribution is -2.37. The number of phenolic OH excluding ortho intramolecular Hbond substituents is 1. The summed E-state index contributed by atoms with van der Waals surface area (Å²) in [4.78, 5) is 12.2. The van der Waals surface area contributed by atoms with Crippen LogP contribution in [0.3, 0.4) is 0 Å². The molecule has 0 spiro atoms. The van der Waals surface area contributed by atoms with Crippen LogP contribution in [0.4, 0.5) is 5.69 Å². The first-order chi connectivity index (χ1) is 9.60. The van der Waals surface area contributed by atoms with Crippen molar-refractivity contribution in [1.29, 1.82) is 0 Å². The van der Waals surface area contributed by atoms with Crippen LogP contribution in [0.5, 0.6) is 5.75 Å². The fourth-order valence-corrected chi connectivity index (χ4v) is 3.01. The first-order valence-corrected chi connectivity index (χ1v) is 7.49. The van der Waals surface area contributed by atoms with Gasteiger partial charge in [0, 0.05) is 11.7 Å². The first kappa shape index (κ1) is 14.7. The van der Waals surface area contributed by atoms with E-state index in [2.05, 4.69) is 12.2 Å². The van der Waals surface area contributed by atoms with Crippen LogP contribution in [0.1, 0.15) is 55.8 Å². The summed E-state index contributed by atoms with van der Waals surface area (Å²) in [6.45, 7) is 2.22. The molecular formula is C16H24N2O2. The number of nitrogens with two attached hydrogens (primary N) is 1. The van der Waals surface area contributed by atoms with Gasteiger partial charge >= 0.3 is 0 Å². The highest BCUT2D eigenvalue weighted by Gasteiger charge is 2.22. The molecule has 0 bridgehead atoms. The van der Waals surface area contributed by atoms with Crippen molar-refractivity contribution in [3.05, 3.63) is 23.8 Å². The van der Waals surface area contributed by atoms with Crippen LogP contribution in [0, 0.1) is 5.92 Å². The van der Waals surface area contributed by atoms with E-state index in [0.717, 1.165) is 18.8 Å². The van der Waals surface area contributed by atoms with Crippen LogP contribution < -0.4 is 11.1 Å². The van der Waals surface area contributed by atoms with Crippen LogP contribution in [-0.4, -0.2) is 17.1 Å². The molecule has 1 aliphatic rings. The zero-order chi connectivity index (χ0) is 14.5. The summed E-state index contributed by atoms with van der Waals surface area (Å²) >= 11 is 0. The van der Waals surface area contributed by atoms with Gasteiger partial charge < -0.3 is 16.2 Å². The normalized spacial score (nSPS) is 22.4. The third-order valence-corrected chi connectivity index (χ3v) is 4.16. The van der Waals surface area contributed by atoms with Crippen LogP contribution in [0.25, 0.3) is 0 Å². The minimum atomic E-state index is -0.183. The number of hydrogen-bond donors (Lipinski definition) is 3. The number of aromatic hydroxyl groups is 1. The number of rotatable bonds is 4. The maximum Gasteiger partial charge on any atom is 0.253 e. The van der Waals surface area contributed by atoms with Crippen molar-refractivity contribution in [2.24, 2.45) is 5.92 Å². The number of nitrogen functional groups attached to an aromatic ring is 1. The van der Waals surface area contributed by atoms with E-state index in [1.54, 1.807) is 6.07 Å². The van der Waals surface area contributed by atoms with E-state index in [-0.39, 0.29) is 17.7 Å². The Bertz CT molecular complexity index is 466. The quantitative estimate of drug-likeness (QED) is 0.584. The third-order valence-electron chi connectivity index (χ3n) is 4.16. The maximum atomic E-state index is 12.2. The summed E-state index contributed by atoms with van der Waals surface area (Å²) < 4.78 is 0. The monoisotopic (exact) mass is 276 g/mol. The smallest absolute Gasteiger partial charge is 0.253 e. The summed E-state index contributed by atoms with van der Waals surface area (Å²) in [5, 5.41) is 12.5. The number of amides is 1. The van der Waals surface area contributed by atoms with Gasteiger partial charge in [-0.2, -0.15) is 0 Å². The first-order valence-electron chi connectivity index (χ1n) is 7.49. The maximum absolute atomic E-state index is 12.2. The van der Waals surface area contributed by atoms with Gasteiger partial charge in [0.2, 0.25) is 0 Å². The number of carbonyl (C=O) groups excluding carboxylic acids is 1. The summed E-state index contributed by atoms with van der Waals surface area (Å²) in [5.41, 5.74) is 6.55. The Labute approximate surface area is 120 Å². The highest BCUT2D eigenvalue weighted by Crippen LogP contribution is 2.28. The average molecular weight is 276 g/mol. The number of benzene rings is 1. The van der Waals surface area contributed by atoms with E-state index >= 15 is 0 Å². The van der Waals surface area contributed by atoms with E-state index in [4.69, 9.17) is 5.73 Å². The Kier molecular flexibility index (Phi) is 4.88. The molecule has 2 rings (SSSR count). The largest absolute Gasteiger partial charge is 0.508 e. The van der Waals surface area contributed by atoms with E-state index in [1.807, 2.05) is 0 Å². The Balaban J connectivity index is 1.91. The number of phenols is 1. The molecule has 0 heterocycles. The summed E-state index contributed by atoms with van der Waals surface area (Å²) in [6.07, 6.45) is 6.98. The zero-order valence-corrected chi connectivity index (χ0v) is 12.1. The van der Waals surface area contributed by atoms with Gasteiger partial charge in [-0.3, -0.25) is 4.79 Å². The summed E-state index contributed by atoms with van der Waals surface area (Å²) in [5.74, 6) is 0.701. The second-order valence-corrected chi connectivity index (χ2v) is 5.75. The van der Waals surface area contributed by atoms with Gasteiger partial charge in [0.1, 0.15) is 5.75 Å². The molecule has 4 N–H and O–H groups in total. The van der Waals surface area contributed by atoms with Crippen molar-refractivity contribution in [3.8, 4) is 5.75 Å². The predicted molar refractivity (Wildman–Crippen MR) is 80.6 cm³/mol. The molecule has 1 aliphatic carbocycles. The van der Waals surface area contributed by atoms with Gasteiger partial charge in [-0.15, -0.1) is 0 Å². The Hall–Kier alpha value is -1.71. The average Bonchev–Trinajstić information content (AvgIpc) is 2.44. The Morgan fingerprint density at radius 2 is 2.05 bits per heavy atom. The highest BCUT2D eigenvalue weighted by atomic mass is 16.3. The summed E-state index contributed by atoms with van der Waals surface area (Å²) in [6, 6.07) is 4.70. The molecule has 0 aromatic heterocycles. The number of nitrogens with one attached hydrogen (secondary N) is 1. The number of anilines is 1.